The van der Waals surface area contributed by atoms with Crippen LogP contribution in [0.5, 0.6) is 0 Å². The summed E-state index contributed by atoms with van der Waals surface area (Å²) in [5, 5.41) is 0. The van der Waals surface area contributed by atoms with Gasteiger partial charge < -0.3 is 9.47 Å². The SMILES string of the molecule is C=C(C)C(=O)OCC(=O)OC1(C)CSCCCCS1. The van der Waals surface area contributed by atoms with E-state index < -0.39 is 16.9 Å². The minimum Gasteiger partial charge on any atom is -0.450 e. The lowest BCUT2D eigenvalue weighted by Crippen LogP contribution is -2.34. The quantitative estimate of drug-likeness (QED) is 0.588. The minimum atomic E-state index is -0.568. The molecule has 0 bridgehead atoms. The average Bonchev–Trinajstić information content (AvgIpc) is 2.31. The Balaban J connectivity index is 2.40. The zero-order valence-electron chi connectivity index (χ0n) is 11.4. The molecule has 1 aliphatic heterocycles. The van der Waals surface area contributed by atoms with Crippen LogP contribution in [-0.4, -0.2) is 40.7 Å². The number of rotatable bonds is 4. The molecule has 0 amide bonds. The van der Waals surface area contributed by atoms with Gasteiger partial charge in [0.15, 0.2) is 11.5 Å². The molecule has 0 aromatic rings. The molecule has 0 saturated carbocycles. The first-order valence-electron chi connectivity index (χ1n) is 6.19. The van der Waals surface area contributed by atoms with Crippen LogP contribution in [0.1, 0.15) is 26.7 Å². The van der Waals surface area contributed by atoms with Crippen molar-refractivity contribution in [3.05, 3.63) is 12.2 Å². The second kappa shape index (κ2) is 7.85. The van der Waals surface area contributed by atoms with Gasteiger partial charge in [-0.25, -0.2) is 9.59 Å². The maximum atomic E-state index is 11.7. The third-order valence-corrected chi connectivity index (χ3v) is 5.30. The largest absolute Gasteiger partial charge is 0.450 e. The highest BCUT2D eigenvalue weighted by molar-refractivity contribution is 8.03. The summed E-state index contributed by atoms with van der Waals surface area (Å²) in [4.78, 5) is 22.3. The molecule has 6 heteroatoms. The van der Waals surface area contributed by atoms with Crippen LogP contribution in [0.2, 0.25) is 0 Å². The van der Waals surface area contributed by atoms with Gasteiger partial charge in [-0.3, -0.25) is 0 Å². The van der Waals surface area contributed by atoms with Gasteiger partial charge in [0.2, 0.25) is 0 Å². The van der Waals surface area contributed by atoms with E-state index in [9.17, 15) is 9.59 Å². The molecular formula is C13H20O4S2. The molecule has 0 radical (unpaired) electrons. The zero-order valence-corrected chi connectivity index (χ0v) is 13.0. The first kappa shape index (κ1) is 16.4. The Hall–Kier alpha value is -0.620. The molecule has 1 aliphatic rings. The smallest absolute Gasteiger partial charge is 0.345 e. The summed E-state index contributed by atoms with van der Waals surface area (Å²) in [6.45, 7) is 6.55. The fourth-order valence-electron chi connectivity index (χ4n) is 1.47. The number of hydrogen-bond donors (Lipinski definition) is 0. The highest BCUT2D eigenvalue weighted by Gasteiger charge is 2.30. The topological polar surface area (TPSA) is 52.6 Å². The number of hydrogen-bond acceptors (Lipinski definition) is 6. The summed E-state index contributed by atoms with van der Waals surface area (Å²) in [6, 6.07) is 0. The Labute approximate surface area is 122 Å². The molecule has 1 saturated heterocycles. The number of ether oxygens (including phenoxy) is 2. The van der Waals surface area contributed by atoms with Crippen molar-refractivity contribution in [2.75, 3.05) is 23.9 Å². The fourth-order valence-corrected chi connectivity index (χ4v) is 3.97. The van der Waals surface area contributed by atoms with Gasteiger partial charge in [-0.1, -0.05) is 6.58 Å². The van der Waals surface area contributed by atoms with E-state index in [2.05, 4.69) is 6.58 Å². The lowest BCUT2D eigenvalue weighted by molar-refractivity contribution is -0.160. The van der Waals surface area contributed by atoms with Gasteiger partial charge >= 0.3 is 11.9 Å². The van der Waals surface area contributed by atoms with Crippen molar-refractivity contribution in [3.63, 3.8) is 0 Å². The van der Waals surface area contributed by atoms with Crippen LogP contribution in [0.15, 0.2) is 12.2 Å². The van der Waals surface area contributed by atoms with E-state index in [1.807, 2.05) is 6.92 Å². The van der Waals surface area contributed by atoms with E-state index in [1.165, 1.54) is 13.3 Å². The Morgan fingerprint density at radius 2 is 2.00 bits per heavy atom. The highest BCUT2D eigenvalue weighted by atomic mass is 32.2. The third kappa shape index (κ3) is 6.38. The molecule has 1 atom stereocenters. The lowest BCUT2D eigenvalue weighted by Gasteiger charge is -2.30. The summed E-state index contributed by atoms with van der Waals surface area (Å²) in [7, 11) is 0. The predicted octanol–water partition coefficient (Wildman–Crippen LogP) is 2.63. The number of esters is 2. The van der Waals surface area contributed by atoms with Gasteiger partial charge in [-0.2, -0.15) is 11.8 Å². The van der Waals surface area contributed by atoms with Crippen molar-refractivity contribution < 1.29 is 19.1 Å². The van der Waals surface area contributed by atoms with E-state index in [-0.39, 0.29) is 12.2 Å². The summed E-state index contributed by atoms with van der Waals surface area (Å²) >= 11 is 3.43. The Bertz CT molecular complexity index is 347. The summed E-state index contributed by atoms with van der Waals surface area (Å²) in [5.41, 5.74) is 0.273. The molecule has 108 valence electrons. The number of carbonyl (C=O) groups is 2. The van der Waals surface area contributed by atoms with Crippen LogP contribution in [0, 0.1) is 0 Å². The molecule has 4 nitrogen and oxygen atoms in total. The Kier molecular flexibility index (Phi) is 6.79. The van der Waals surface area contributed by atoms with Crippen molar-refractivity contribution >= 4 is 35.5 Å². The van der Waals surface area contributed by atoms with Crippen LogP contribution in [0.3, 0.4) is 0 Å². The van der Waals surface area contributed by atoms with Gasteiger partial charge in [0.1, 0.15) is 0 Å². The van der Waals surface area contributed by atoms with Gasteiger partial charge in [-0.15, -0.1) is 11.8 Å². The molecule has 0 aromatic carbocycles. The highest BCUT2D eigenvalue weighted by Crippen LogP contribution is 2.33. The van der Waals surface area contributed by atoms with Crippen molar-refractivity contribution in [2.45, 2.75) is 31.6 Å². The first-order chi connectivity index (χ1) is 8.93. The summed E-state index contributed by atoms with van der Waals surface area (Å²) in [5.74, 6) is 1.76. The molecule has 1 heterocycles. The van der Waals surface area contributed by atoms with Gasteiger partial charge in [0.25, 0.3) is 0 Å². The average molecular weight is 304 g/mol. The van der Waals surface area contributed by atoms with Crippen LogP contribution in [0.4, 0.5) is 0 Å². The molecule has 0 spiro atoms. The maximum Gasteiger partial charge on any atom is 0.345 e. The molecule has 0 aromatic heterocycles. The van der Waals surface area contributed by atoms with Gasteiger partial charge in [0, 0.05) is 11.3 Å². The van der Waals surface area contributed by atoms with Gasteiger partial charge in [-0.05, 0) is 38.2 Å². The van der Waals surface area contributed by atoms with Crippen LogP contribution < -0.4 is 0 Å². The van der Waals surface area contributed by atoms with Crippen LogP contribution >= 0.6 is 23.5 Å². The first-order valence-corrected chi connectivity index (χ1v) is 8.33. The predicted molar refractivity (Wildman–Crippen MR) is 79.3 cm³/mol. The number of carbonyl (C=O) groups excluding carboxylic acids is 2. The second-order valence-electron chi connectivity index (χ2n) is 4.57. The van der Waals surface area contributed by atoms with Crippen molar-refractivity contribution in [3.8, 4) is 0 Å². The van der Waals surface area contributed by atoms with E-state index in [0.717, 1.165) is 23.7 Å². The molecule has 0 aliphatic carbocycles. The zero-order chi connectivity index (χ0) is 14.3. The molecular weight excluding hydrogens is 284 g/mol. The molecule has 0 N–H and O–H groups in total. The third-order valence-electron chi connectivity index (χ3n) is 2.45. The fraction of sp³-hybridized carbons (Fsp3) is 0.692. The normalized spacial score (nSPS) is 23.9. The standard InChI is InChI=1S/C13H20O4S2/c1-10(2)12(15)16-8-11(14)17-13(3)9-18-6-4-5-7-19-13/h1,4-9H2,2-3H3. The van der Waals surface area contributed by atoms with Crippen molar-refractivity contribution in [1.29, 1.82) is 0 Å². The minimum absolute atomic E-state index is 0.273. The maximum absolute atomic E-state index is 11.7. The van der Waals surface area contributed by atoms with Crippen molar-refractivity contribution in [1.82, 2.24) is 0 Å². The van der Waals surface area contributed by atoms with E-state index in [0.29, 0.717) is 0 Å². The second-order valence-corrected chi connectivity index (χ2v) is 7.24. The monoisotopic (exact) mass is 304 g/mol. The summed E-state index contributed by atoms with van der Waals surface area (Å²) in [6.07, 6.45) is 2.34. The summed E-state index contributed by atoms with van der Waals surface area (Å²) < 4.78 is 10.2. The van der Waals surface area contributed by atoms with Crippen molar-refractivity contribution in [2.24, 2.45) is 0 Å². The molecule has 1 rings (SSSR count). The molecule has 1 fully saturated rings. The molecule has 19 heavy (non-hydrogen) atoms. The lowest BCUT2D eigenvalue weighted by atomic mass is 10.4. The Morgan fingerprint density at radius 3 is 2.68 bits per heavy atom. The Morgan fingerprint density at radius 1 is 1.32 bits per heavy atom. The van der Waals surface area contributed by atoms with Gasteiger partial charge in [0.05, 0.1) is 0 Å². The van der Waals surface area contributed by atoms with E-state index in [4.69, 9.17) is 9.47 Å². The molecule has 1 unspecified atom stereocenters. The number of thioether (sulfide) groups is 2. The van der Waals surface area contributed by atoms with Crippen LogP contribution in [0.25, 0.3) is 0 Å². The van der Waals surface area contributed by atoms with E-state index >= 15 is 0 Å². The van der Waals surface area contributed by atoms with Crippen LogP contribution in [-0.2, 0) is 19.1 Å². The van der Waals surface area contributed by atoms with E-state index in [1.54, 1.807) is 23.5 Å².